The molecule has 0 spiro atoms. The van der Waals surface area contributed by atoms with Crippen molar-refractivity contribution in [3.63, 3.8) is 0 Å². The molecule has 0 saturated carbocycles. The summed E-state index contributed by atoms with van der Waals surface area (Å²) in [5.74, 6) is 2.26. The third-order valence-corrected chi connectivity index (χ3v) is 11.3. The molecule has 0 amide bonds. The number of para-hydroxylation sites is 7. The van der Waals surface area contributed by atoms with Crippen molar-refractivity contribution in [2.45, 2.75) is 0 Å². The van der Waals surface area contributed by atoms with Gasteiger partial charge in [0.15, 0.2) is 0 Å². The molecule has 278 valence electrons. The fourth-order valence-corrected chi connectivity index (χ4v) is 8.76. The van der Waals surface area contributed by atoms with Crippen molar-refractivity contribution >= 4 is 54.6 Å². The summed E-state index contributed by atoms with van der Waals surface area (Å²) in [6.45, 7) is 0. The Bertz CT molecular complexity index is 3540. The molecule has 0 unspecified atom stereocenters. The number of imidazole rings is 2. The van der Waals surface area contributed by atoms with E-state index < -0.39 is 0 Å². The lowest BCUT2D eigenvalue weighted by molar-refractivity contribution is -0.571. The highest BCUT2D eigenvalue weighted by Gasteiger charge is 2.21. The lowest BCUT2D eigenvalue weighted by Gasteiger charge is -2.12. The van der Waals surface area contributed by atoms with E-state index in [0.717, 1.165) is 84.1 Å². The van der Waals surface area contributed by atoms with Crippen LogP contribution in [-0.4, -0.2) is 23.3 Å². The van der Waals surface area contributed by atoms with Crippen LogP contribution in [0.5, 0.6) is 11.5 Å². The standard InChI is InChI=1S/C52H34N6O/c1-3-15-36(16-4-1)54-32-31-53-52(54)58-46-25-10-7-21-41(46)43-30-29-40(34-50(43)58)59-39-20-13-19-38(33-39)55-35-56(48-27-12-11-26-47(48)55)49-28-14-23-44-42-22-8-9-24-45(42)57(51(44)49)37-17-5-2-6-18-37/h1-34H. The van der Waals surface area contributed by atoms with E-state index in [-0.39, 0.29) is 0 Å². The van der Waals surface area contributed by atoms with Crippen molar-refractivity contribution in [3.8, 4) is 40.2 Å². The van der Waals surface area contributed by atoms with Crippen LogP contribution in [0, 0.1) is 6.33 Å². The smallest absolute Gasteiger partial charge is 0.269 e. The molecular formula is C52H34N6O. The first-order valence-corrected chi connectivity index (χ1v) is 19.7. The third-order valence-electron chi connectivity index (χ3n) is 11.3. The van der Waals surface area contributed by atoms with Crippen LogP contribution in [-0.2, 0) is 0 Å². The third kappa shape index (κ3) is 5.22. The summed E-state index contributed by atoms with van der Waals surface area (Å²) in [5, 5.41) is 4.68. The summed E-state index contributed by atoms with van der Waals surface area (Å²) < 4.78 is 17.7. The summed E-state index contributed by atoms with van der Waals surface area (Å²) >= 11 is 0. The molecular weight excluding hydrogens is 725 g/mol. The van der Waals surface area contributed by atoms with E-state index in [0.29, 0.717) is 0 Å². The highest BCUT2D eigenvalue weighted by atomic mass is 16.5. The van der Waals surface area contributed by atoms with E-state index in [1.165, 1.54) is 10.8 Å². The molecule has 59 heavy (non-hydrogen) atoms. The number of rotatable bonds is 7. The van der Waals surface area contributed by atoms with Crippen molar-refractivity contribution in [1.29, 1.82) is 0 Å². The van der Waals surface area contributed by atoms with E-state index in [9.17, 15) is 0 Å². The molecule has 0 bridgehead atoms. The molecule has 0 saturated heterocycles. The molecule has 0 atom stereocenters. The number of aromatic nitrogens is 6. The zero-order valence-corrected chi connectivity index (χ0v) is 31.7. The molecule has 7 heteroatoms. The zero-order valence-electron chi connectivity index (χ0n) is 31.7. The van der Waals surface area contributed by atoms with Gasteiger partial charge < -0.3 is 9.30 Å². The summed E-state index contributed by atoms with van der Waals surface area (Å²) in [4.78, 5) is 4.87. The highest BCUT2D eigenvalue weighted by molar-refractivity contribution is 6.11. The Hall–Kier alpha value is -8.16. The Kier molecular flexibility index (Phi) is 7.40. The number of hydrogen-bond donors (Lipinski definition) is 0. The summed E-state index contributed by atoms with van der Waals surface area (Å²) in [6, 6.07) is 67.6. The van der Waals surface area contributed by atoms with Gasteiger partial charge >= 0.3 is 0 Å². The van der Waals surface area contributed by atoms with E-state index in [1.807, 2.05) is 48.8 Å². The monoisotopic (exact) mass is 758 g/mol. The summed E-state index contributed by atoms with van der Waals surface area (Å²) in [7, 11) is 0. The van der Waals surface area contributed by atoms with Crippen molar-refractivity contribution in [2.24, 2.45) is 0 Å². The first-order valence-electron chi connectivity index (χ1n) is 19.7. The average molecular weight is 759 g/mol. The molecule has 0 radical (unpaired) electrons. The van der Waals surface area contributed by atoms with E-state index in [2.05, 4.69) is 187 Å². The first kappa shape index (κ1) is 33.0. The Balaban J connectivity index is 0.976. The fourth-order valence-electron chi connectivity index (χ4n) is 8.76. The Labute approximate surface area is 339 Å². The van der Waals surface area contributed by atoms with Crippen LogP contribution < -0.4 is 9.30 Å². The Morgan fingerprint density at radius 3 is 1.88 bits per heavy atom. The molecule has 0 fully saturated rings. The Morgan fingerprint density at radius 2 is 1.07 bits per heavy atom. The van der Waals surface area contributed by atoms with Gasteiger partial charge in [-0.05, 0) is 72.8 Å². The maximum Gasteiger partial charge on any atom is 0.269 e. The molecule has 12 aromatic rings. The molecule has 0 N–H and O–H groups in total. The second kappa shape index (κ2) is 13.2. The van der Waals surface area contributed by atoms with Gasteiger partial charge in [0.2, 0.25) is 5.95 Å². The van der Waals surface area contributed by atoms with Gasteiger partial charge in [-0.3, -0.25) is 18.3 Å². The number of hydrogen-bond acceptors (Lipinski definition) is 2. The van der Waals surface area contributed by atoms with Crippen molar-refractivity contribution in [3.05, 3.63) is 213 Å². The van der Waals surface area contributed by atoms with Gasteiger partial charge in [0.25, 0.3) is 6.33 Å². The normalized spacial score (nSPS) is 11.7. The fraction of sp³-hybridized carbons (Fsp3) is 0. The number of ether oxygens (including phenoxy) is 1. The molecule has 0 aliphatic heterocycles. The van der Waals surface area contributed by atoms with Crippen LogP contribution in [0.15, 0.2) is 207 Å². The maximum absolute atomic E-state index is 6.71. The topological polar surface area (TPSA) is 45.7 Å². The molecule has 12 rings (SSSR count). The second-order valence-corrected chi connectivity index (χ2v) is 14.7. The average Bonchev–Trinajstić information content (AvgIpc) is 4.08. The van der Waals surface area contributed by atoms with Gasteiger partial charge in [0, 0.05) is 51.4 Å². The van der Waals surface area contributed by atoms with Crippen LogP contribution in [0.4, 0.5) is 0 Å². The van der Waals surface area contributed by atoms with Gasteiger partial charge in [-0.1, -0.05) is 115 Å². The largest absolute Gasteiger partial charge is 0.458 e. The van der Waals surface area contributed by atoms with Crippen LogP contribution >= 0.6 is 0 Å². The predicted octanol–water partition coefficient (Wildman–Crippen LogP) is 11.9. The van der Waals surface area contributed by atoms with Crippen LogP contribution in [0.2, 0.25) is 0 Å². The molecule has 4 heterocycles. The van der Waals surface area contributed by atoms with Gasteiger partial charge in [-0.25, -0.2) is 4.98 Å². The predicted molar refractivity (Wildman–Crippen MR) is 236 cm³/mol. The molecule has 0 aliphatic rings. The van der Waals surface area contributed by atoms with Gasteiger partial charge in [0.05, 0.1) is 44.5 Å². The number of fused-ring (bicyclic) bond motifs is 7. The zero-order chi connectivity index (χ0) is 38.9. The van der Waals surface area contributed by atoms with Crippen molar-refractivity contribution < 1.29 is 9.30 Å². The Morgan fingerprint density at radius 1 is 0.458 bits per heavy atom. The number of benzene rings is 8. The molecule has 4 aromatic heterocycles. The quantitative estimate of drug-likeness (QED) is 0.120. The summed E-state index contributed by atoms with van der Waals surface area (Å²) in [6.07, 6.45) is 7.62. The highest BCUT2D eigenvalue weighted by Crippen LogP contribution is 2.37. The van der Waals surface area contributed by atoms with E-state index >= 15 is 0 Å². The minimum atomic E-state index is 0.722. The lowest BCUT2D eigenvalue weighted by atomic mass is 10.1. The van der Waals surface area contributed by atoms with Crippen molar-refractivity contribution in [2.75, 3.05) is 0 Å². The molecule has 7 nitrogen and oxygen atoms in total. The van der Waals surface area contributed by atoms with Crippen LogP contribution in [0.25, 0.3) is 83.3 Å². The van der Waals surface area contributed by atoms with Crippen molar-refractivity contribution in [1.82, 2.24) is 23.3 Å². The number of nitrogens with zero attached hydrogens (tertiary/aromatic N) is 6. The lowest BCUT2D eigenvalue weighted by Crippen LogP contribution is -2.30. The maximum atomic E-state index is 6.71. The minimum Gasteiger partial charge on any atom is -0.458 e. The molecule has 8 aromatic carbocycles. The van der Waals surface area contributed by atoms with Gasteiger partial charge in [0.1, 0.15) is 11.5 Å². The van der Waals surface area contributed by atoms with Gasteiger partial charge in [-0.15, -0.1) is 0 Å². The van der Waals surface area contributed by atoms with Crippen LogP contribution in [0.3, 0.4) is 0 Å². The molecule has 0 aliphatic carbocycles. The minimum absolute atomic E-state index is 0.722. The van der Waals surface area contributed by atoms with E-state index in [4.69, 9.17) is 9.72 Å². The van der Waals surface area contributed by atoms with Gasteiger partial charge in [-0.2, -0.15) is 0 Å². The second-order valence-electron chi connectivity index (χ2n) is 14.7. The first-order chi connectivity index (χ1) is 29.3. The summed E-state index contributed by atoms with van der Waals surface area (Å²) in [5.41, 5.74) is 10.6. The van der Waals surface area contributed by atoms with E-state index in [1.54, 1.807) is 0 Å². The SMILES string of the molecule is [c-]1n(-c2cccc(Oc3ccc4c5ccccc5n(-c5nccn5-c5ccccc5)c4c3)c2)c2ccccc2[n+]1-c1cccc2c3ccccc3n(-c3ccccc3)c12. The van der Waals surface area contributed by atoms with Crippen LogP contribution in [0.1, 0.15) is 0 Å².